The highest BCUT2D eigenvalue weighted by molar-refractivity contribution is 9.10. The summed E-state index contributed by atoms with van der Waals surface area (Å²) < 4.78 is 29.2. The SMILES string of the molecule is Cc1ccc(Br)cc1NC(=O)CCCOc1ccc(S(C)(=O)=O)cc1. The second-order valence-corrected chi connectivity index (χ2v) is 8.63. The van der Waals surface area contributed by atoms with Gasteiger partial charge in [-0.3, -0.25) is 4.79 Å². The van der Waals surface area contributed by atoms with Crippen molar-refractivity contribution in [2.45, 2.75) is 24.7 Å². The zero-order valence-electron chi connectivity index (χ0n) is 14.1. The number of hydrogen-bond acceptors (Lipinski definition) is 4. The molecule has 25 heavy (non-hydrogen) atoms. The molecule has 7 heteroatoms. The number of sulfone groups is 1. The molecule has 2 rings (SSSR count). The van der Waals surface area contributed by atoms with Crippen LogP contribution in [0.2, 0.25) is 0 Å². The first-order valence-corrected chi connectivity index (χ1v) is 10.4. The van der Waals surface area contributed by atoms with Crippen LogP contribution in [-0.2, 0) is 14.6 Å². The lowest BCUT2D eigenvalue weighted by atomic mass is 10.2. The fraction of sp³-hybridized carbons (Fsp3) is 0.278. The molecule has 0 aliphatic heterocycles. The molecule has 0 saturated carbocycles. The zero-order chi connectivity index (χ0) is 18.4. The van der Waals surface area contributed by atoms with Crippen LogP contribution in [-0.4, -0.2) is 27.2 Å². The predicted molar refractivity (Wildman–Crippen MR) is 102 cm³/mol. The van der Waals surface area contributed by atoms with E-state index in [2.05, 4.69) is 21.2 Å². The van der Waals surface area contributed by atoms with Gasteiger partial charge in [0.2, 0.25) is 5.91 Å². The number of ether oxygens (including phenoxy) is 1. The van der Waals surface area contributed by atoms with E-state index in [1.54, 1.807) is 12.1 Å². The predicted octanol–water partition coefficient (Wildman–Crippen LogP) is 3.96. The minimum absolute atomic E-state index is 0.0720. The van der Waals surface area contributed by atoms with Gasteiger partial charge in [-0.05, 0) is 55.3 Å². The monoisotopic (exact) mass is 425 g/mol. The lowest BCUT2D eigenvalue weighted by molar-refractivity contribution is -0.116. The molecule has 0 atom stereocenters. The van der Waals surface area contributed by atoms with Crippen LogP contribution in [0.25, 0.3) is 0 Å². The van der Waals surface area contributed by atoms with Gasteiger partial charge in [-0.2, -0.15) is 0 Å². The Morgan fingerprint density at radius 3 is 2.48 bits per heavy atom. The normalized spacial score (nSPS) is 11.2. The highest BCUT2D eigenvalue weighted by Gasteiger charge is 2.07. The Morgan fingerprint density at radius 1 is 1.16 bits per heavy atom. The van der Waals surface area contributed by atoms with E-state index in [9.17, 15) is 13.2 Å². The summed E-state index contributed by atoms with van der Waals surface area (Å²) in [6.45, 7) is 2.31. The molecule has 0 aliphatic carbocycles. The Morgan fingerprint density at radius 2 is 1.84 bits per heavy atom. The molecular formula is C18H20BrNO4S. The molecule has 0 aromatic heterocycles. The number of hydrogen-bond donors (Lipinski definition) is 1. The van der Waals surface area contributed by atoms with Gasteiger partial charge in [-0.15, -0.1) is 0 Å². The van der Waals surface area contributed by atoms with Crippen molar-refractivity contribution in [1.29, 1.82) is 0 Å². The molecule has 1 N–H and O–H groups in total. The Kier molecular flexibility index (Phi) is 6.61. The van der Waals surface area contributed by atoms with Crippen LogP contribution in [0.3, 0.4) is 0 Å². The number of rotatable bonds is 7. The number of halogens is 1. The lowest BCUT2D eigenvalue weighted by Gasteiger charge is -2.10. The van der Waals surface area contributed by atoms with Gasteiger partial charge < -0.3 is 10.1 Å². The van der Waals surface area contributed by atoms with E-state index >= 15 is 0 Å². The molecule has 0 saturated heterocycles. The molecule has 0 radical (unpaired) electrons. The number of nitrogens with one attached hydrogen (secondary N) is 1. The molecule has 1 amide bonds. The molecule has 0 unspecified atom stereocenters. The Bertz CT molecular complexity index is 848. The number of aryl methyl sites for hydroxylation is 1. The quantitative estimate of drug-likeness (QED) is 0.681. The van der Waals surface area contributed by atoms with Gasteiger partial charge in [-0.25, -0.2) is 8.42 Å². The Labute approximate surface area is 156 Å². The van der Waals surface area contributed by atoms with Crippen LogP contribution >= 0.6 is 15.9 Å². The van der Waals surface area contributed by atoms with E-state index in [1.807, 2.05) is 25.1 Å². The van der Waals surface area contributed by atoms with Gasteiger partial charge in [0.05, 0.1) is 11.5 Å². The van der Waals surface area contributed by atoms with Crippen LogP contribution in [0.15, 0.2) is 51.8 Å². The third-order valence-corrected chi connectivity index (χ3v) is 5.16. The second-order valence-electron chi connectivity index (χ2n) is 5.70. The fourth-order valence-electron chi connectivity index (χ4n) is 2.15. The maximum absolute atomic E-state index is 12.0. The molecule has 134 valence electrons. The molecule has 0 heterocycles. The number of amides is 1. The van der Waals surface area contributed by atoms with Gasteiger partial charge in [-0.1, -0.05) is 22.0 Å². The Balaban J connectivity index is 1.77. The lowest BCUT2D eigenvalue weighted by Crippen LogP contribution is -2.13. The van der Waals surface area contributed by atoms with Crippen molar-refractivity contribution in [3.8, 4) is 5.75 Å². The highest BCUT2D eigenvalue weighted by Crippen LogP contribution is 2.21. The minimum Gasteiger partial charge on any atom is -0.494 e. The molecule has 5 nitrogen and oxygen atoms in total. The Hall–Kier alpha value is -1.86. The largest absolute Gasteiger partial charge is 0.494 e. The third kappa shape index (κ3) is 6.17. The van der Waals surface area contributed by atoms with E-state index in [0.29, 0.717) is 25.2 Å². The number of carbonyl (C=O) groups is 1. The summed E-state index contributed by atoms with van der Waals surface area (Å²) in [4.78, 5) is 12.2. The smallest absolute Gasteiger partial charge is 0.224 e. The third-order valence-electron chi connectivity index (χ3n) is 3.54. The van der Waals surface area contributed by atoms with Crippen molar-refractivity contribution in [3.05, 3.63) is 52.5 Å². The van der Waals surface area contributed by atoms with Crippen LogP contribution < -0.4 is 10.1 Å². The maximum atomic E-state index is 12.0. The summed E-state index contributed by atoms with van der Waals surface area (Å²) >= 11 is 3.38. The van der Waals surface area contributed by atoms with Crippen molar-refractivity contribution in [2.75, 3.05) is 18.2 Å². The van der Waals surface area contributed by atoms with Crippen molar-refractivity contribution in [2.24, 2.45) is 0 Å². The number of carbonyl (C=O) groups excluding carboxylic acids is 1. The summed E-state index contributed by atoms with van der Waals surface area (Å²) in [7, 11) is -3.20. The van der Waals surface area contributed by atoms with E-state index in [4.69, 9.17) is 4.74 Å². The average Bonchev–Trinajstić information content (AvgIpc) is 2.55. The summed E-state index contributed by atoms with van der Waals surface area (Å²) in [5, 5.41) is 2.88. The van der Waals surface area contributed by atoms with Gasteiger partial charge in [0.15, 0.2) is 9.84 Å². The van der Waals surface area contributed by atoms with Gasteiger partial charge in [0, 0.05) is 22.8 Å². The molecule has 2 aromatic rings. The van der Waals surface area contributed by atoms with Crippen LogP contribution in [0, 0.1) is 6.92 Å². The summed E-state index contributed by atoms with van der Waals surface area (Å²) in [5.74, 6) is 0.507. The van der Waals surface area contributed by atoms with Crippen molar-refractivity contribution >= 4 is 37.4 Å². The van der Waals surface area contributed by atoms with Gasteiger partial charge >= 0.3 is 0 Å². The molecule has 2 aromatic carbocycles. The molecular weight excluding hydrogens is 406 g/mol. The van der Waals surface area contributed by atoms with Gasteiger partial charge in [0.1, 0.15) is 5.75 Å². The summed E-state index contributed by atoms with van der Waals surface area (Å²) in [6.07, 6.45) is 2.06. The summed E-state index contributed by atoms with van der Waals surface area (Å²) in [5.41, 5.74) is 1.79. The summed E-state index contributed by atoms with van der Waals surface area (Å²) in [6, 6.07) is 12.0. The molecule has 0 spiro atoms. The minimum atomic E-state index is -3.20. The van der Waals surface area contributed by atoms with Gasteiger partial charge in [0.25, 0.3) is 0 Å². The van der Waals surface area contributed by atoms with E-state index in [0.717, 1.165) is 22.0 Å². The van der Waals surface area contributed by atoms with E-state index in [-0.39, 0.29) is 10.8 Å². The first-order chi connectivity index (χ1) is 11.8. The average molecular weight is 426 g/mol. The van der Waals surface area contributed by atoms with E-state index in [1.165, 1.54) is 12.1 Å². The highest BCUT2D eigenvalue weighted by atomic mass is 79.9. The van der Waals surface area contributed by atoms with Crippen LogP contribution in [0.4, 0.5) is 5.69 Å². The zero-order valence-corrected chi connectivity index (χ0v) is 16.5. The first kappa shape index (κ1) is 19.5. The maximum Gasteiger partial charge on any atom is 0.224 e. The molecule has 0 aliphatic rings. The first-order valence-electron chi connectivity index (χ1n) is 7.74. The van der Waals surface area contributed by atoms with E-state index < -0.39 is 9.84 Å². The molecule has 0 bridgehead atoms. The standard InChI is InChI=1S/C18H20BrNO4S/c1-13-5-6-14(19)12-17(13)20-18(21)4-3-11-24-15-7-9-16(10-8-15)25(2,22)23/h5-10,12H,3-4,11H2,1-2H3,(H,20,21). The fourth-order valence-corrected chi connectivity index (χ4v) is 3.14. The van der Waals surface area contributed by atoms with Crippen LogP contribution in [0.1, 0.15) is 18.4 Å². The number of benzene rings is 2. The second kappa shape index (κ2) is 8.49. The van der Waals surface area contributed by atoms with Crippen molar-refractivity contribution in [1.82, 2.24) is 0 Å². The number of anilines is 1. The topological polar surface area (TPSA) is 72.5 Å². The van der Waals surface area contributed by atoms with Crippen molar-refractivity contribution in [3.63, 3.8) is 0 Å². The molecule has 0 fully saturated rings. The van der Waals surface area contributed by atoms with Crippen molar-refractivity contribution < 1.29 is 17.9 Å². The van der Waals surface area contributed by atoms with Crippen LogP contribution in [0.5, 0.6) is 5.75 Å².